The Balaban J connectivity index is 2.54. The fourth-order valence-electron chi connectivity index (χ4n) is 2.34. The van der Waals surface area contributed by atoms with Crippen LogP contribution in [0.5, 0.6) is 0 Å². The Morgan fingerprint density at radius 3 is 2.60 bits per heavy atom. The molecular formula is C16H18N2O5S2. The first-order valence-electron chi connectivity index (χ1n) is 7.62. The van der Waals surface area contributed by atoms with Crippen LogP contribution in [0.4, 0.5) is 5.69 Å². The van der Waals surface area contributed by atoms with Gasteiger partial charge in [0.2, 0.25) is 5.91 Å². The molecule has 1 aliphatic heterocycles. The van der Waals surface area contributed by atoms with E-state index >= 15 is 0 Å². The molecule has 1 unspecified atom stereocenters. The molecule has 25 heavy (non-hydrogen) atoms. The summed E-state index contributed by atoms with van der Waals surface area (Å²) in [4.78, 5) is 34.8. The number of nitrogens with zero attached hydrogens (tertiary/aromatic N) is 1. The first-order valence-corrected chi connectivity index (χ1v) is 9.59. The standard InChI is InChI=1S/C16H18N2O5S2/c1-3-23-15(20)13(16-24-7-8-25-16)14(17-10(2)19)11-5-4-6-12(9-11)18(21)22/h4-6,9,14H,3,7-8H2,1-2H3,(H,17,19). The van der Waals surface area contributed by atoms with E-state index in [0.29, 0.717) is 11.1 Å². The summed E-state index contributed by atoms with van der Waals surface area (Å²) >= 11 is 3.04. The van der Waals surface area contributed by atoms with Crippen molar-refractivity contribution in [2.45, 2.75) is 19.9 Å². The van der Waals surface area contributed by atoms with Crippen LogP contribution in [0, 0.1) is 10.1 Å². The molecule has 134 valence electrons. The molecule has 0 radical (unpaired) electrons. The van der Waals surface area contributed by atoms with Crippen LogP contribution in [0.15, 0.2) is 34.1 Å². The Labute approximate surface area is 153 Å². The Morgan fingerprint density at radius 1 is 1.36 bits per heavy atom. The molecule has 1 N–H and O–H groups in total. The lowest BCUT2D eigenvalue weighted by Crippen LogP contribution is -2.31. The minimum absolute atomic E-state index is 0.104. The summed E-state index contributed by atoms with van der Waals surface area (Å²) < 4.78 is 5.95. The smallest absolute Gasteiger partial charge is 0.338 e. The summed E-state index contributed by atoms with van der Waals surface area (Å²) in [7, 11) is 0. The predicted molar refractivity (Wildman–Crippen MR) is 98.2 cm³/mol. The summed E-state index contributed by atoms with van der Waals surface area (Å²) in [6, 6.07) is 5.11. The lowest BCUT2D eigenvalue weighted by atomic mass is 9.99. The highest BCUT2D eigenvalue weighted by Gasteiger charge is 2.31. The molecule has 1 atom stereocenters. The monoisotopic (exact) mass is 382 g/mol. The molecule has 1 fully saturated rings. The number of nitro benzene ring substituents is 1. The number of rotatable bonds is 6. The van der Waals surface area contributed by atoms with Crippen molar-refractivity contribution in [3.05, 3.63) is 49.8 Å². The quantitative estimate of drug-likeness (QED) is 0.349. The molecule has 1 aromatic rings. The Morgan fingerprint density at radius 2 is 2.04 bits per heavy atom. The maximum absolute atomic E-state index is 12.6. The molecule has 0 saturated carbocycles. The number of carbonyl (C=O) groups is 2. The molecule has 1 aliphatic rings. The molecule has 7 nitrogen and oxygen atoms in total. The van der Waals surface area contributed by atoms with Gasteiger partial charge in [0.25, 0.3) is 5.69 Å². The average molecular weight is 382 g/mol. The zero-order valence-corrected chi connectivity index (χ0v) is 15.4. The van der Waals surface area contributed by atoms with Crippen LogP contribution in [0.1, 0.15) is 25.5 Å². The number of non-ortho nitro benzene ring substituents is 1. The topological polar surface area (TPSA) is 98.5 Å². The second-order valence-electron chi connectivity index (χ2n) is 5.10. The third-order valence-corrected chi connectivity index (χ3v) is 6.06. The van der Waals surface area contributed by atoms with Crippen LogP contribution in [0.3, 0.4) is 0 Å². The van der Waals surface area contributed by atoms with E-state index < -0.39 is 16.9 Å². The highest BCUT2D eigenvalue weighted by Crippen LogP contribution is 2.43. The third kappa shape index (κ3) is 4.99. The SMILES string of the molecule is CCOC(=O)C(=C1SCCS1)C(NC(C)=O)c1cccc([N+](=O)[O-])c1. The summed E-state index contributed by atoms with van der Waals surface area (Å²) in [5.74, 6) is 0.839. The minimum Gasteiger partial charge on any atom is -0.463 e. The molecule has 9 heteroatoms. The van der Waals surface area contributed by atoms with E-state index in [9.17, 15) is 19.7 Å². The van der Waals surface area contributed by atoms with Crippen molar-refractivity contribution in [1.29, 1.82) is 0 Å². The molecule has 0 aromatic heterocycles. The number of carbonyl (C=O) groups excluding carboxylic acids is 2. The fraction of sp³-hybridized carbons (Fsp3) is 0.375. The summed E-state index contributed by atoms with van der Waals surface area (Å²) in [5, 5.41) is 13.8. The largest absolute Gasteiger partial charge is 0.463 e. The van der Waals surface area contributed by atoms with E-state index in [1.807, 2.05) is 0 Å². The highest BCUT2D eigenvalue weighted by atomic mass is 32.2. The van der Waals surface area contributed by atoms with Crippen LogP contribution in [-0.4, -0.2) is 34.9 Å². The number of ether oxygens (including phenoxy) is 1. The van der Waals surface area contributed by atoms with E-state index in [4.69, 9.17) is 4.74 Å². The molecule has 0 aliphatic carbocycles. The molecule has 0 spiro atoms. The molecular weight excluding hydrogens is 364 g/mol. The lowest BCUT2D eigenvalue weighted by molar-refractivity contribution is -0.384. The Kier molecular flexibility index (Phi) is 6.89. The molecule has 1 aromatic carbocycles. The van der Waals surface area contributed by atoms with Gasteiger partial charge in [-0.1, -0.05) is 12.1 Å². The van der Waals surface area contributed by atoms with E-state index in [1.165, 1.54) is 48.6 Å². The van der Waals surface area contributed by atoms with E-state index in [2.05, 4.69) is 5.32 Å². The number of benzene rings is 1. The van der Waals surface area contributed by atoms with Crippen molar-refractivity contribution < 1.29 is 19.2 Å². The maximum Gasteiger partial charge on any atom is 0.338 e. The number of nitrogens with one attached hydrogen (secondary N) is 1. The van der Waals surface area contributed by atoms with Crippen molar-refractivity contribution >= 4 is 41.1 Å². The number of amides is 1. The van der Waals surface area contributed by atoms with Crippen LogP contribution in [-0.2, 0) is 14.3 Å². The van der Waals surface area contributed by atoms with E-state index in [-0.39, 0.29) is 18.2 Å². The van der Waals surface area contributed by atoms with E-state index in [1.54, 1.807) is 13.0 Å². The van der Waals surface area contributed by atoms with Gasteiger partial charge < -0.3 is 10.1 Å². The first kappa shape index (κ1) is 19.3. The minimum atomic E-state index is -0.801. The van der Waals surface area contributed by atoms with Crippen molar-refractivity contribution in [3.63, 3.8) is 0 Å². The fourth-order valence-corrected chi connectivity index (χ4v) is 4.92. The average Bonchev–Trinajstić information content (AvgIpc) is 3.08. The number of thioether (sulfide) groups is 2. The lowest BCUT2D eigenvalue weighted by Gasteiger charge is -2.22. The van der Waals surface area contributed by atoms with Gasteiger partial charge in [-0.2, -0.15) is 0 Å². The van der Waals surface area contributed by atoms with Gasteiger partial charge in [-0.15, -0.1) is 23.5 Å². The summed E-state index contributed by atoms with van der Waals surface area (Å²) in [5.41, 5.74) is 0.686. The maximum atomic E-state index is 12.6. The number of hydrogen-bond acceptors (Lipinski definition) is 7. The molecule has 1 saturated heterocycles. The van der Waals surface area contributed by atoms with Gasteiger partial charge in [0.15, 0.2) is 0 Å². The van der Waals surface area contributed by atoms with E-state index in [0.717, 1.165) is 15.7 Å². The second kappa shape index (κ2) is 8.91. The van der Waals surface area contributed by atoms with Crippen LogP contribution >= 0.6 is 23.5 Å². The van der Waals surface area contributed by atoms with Crippen molar-refractivity contribution in [1.82, 2.24) is 5.32 Å². The van der Waals surface area contributed by atoms with Gasteiger partial charge in [-0.25, -0.2) is 4.79 Å². The van der Waals surface area contributed by atoms with Crippen molar-refractivity contribution in [3.8, 4) is 0 Å². The predicted octanol–water partition coefficient (Wildman–Crippen LogP) is 3.03. The normalized spacial score (nSPS) is 14.7. The third-order valence-electron chi connectivity index (χ3n) is 3.32. The molecule has 1 heterocycles. The number of hydrogen-bond donors (Lipinski definition) is 1. The van der Waals surface area contributed by atoms with Gasteiger partial charge in [0, 0.05) is 30.6 Å². The van der Waals surface area contributed by atoms with Crippen LogP contribution in [0.25, 0.3) is 0 Å². The number of nitro groups is 1. The van der Waals surface area contributed by atoms with Gasteiger partial charge in [0.05, 0.1) is 27.4 Å². The Hall–Kier alpha value is -2.00. The van der Waals surface area contributed by atoms with Gasteiger partial charge in [-0.05, 0) is 12.5 Å². The molecule has 1 amide bonds. The van der Waals surface area contributed by atoms with Crippen LogP contribution < -0.4 is 5.32 Å². The molecule has 0 bridgehead atoms. The highest BCUT2D eigenvalue weighted by molar-refractivity contribution is 8.25. The first-order chi connectivity index (χ1) is 11.9. The number of esters is 1. The zero-order valence-electron chi connectivity index (χ0n) is 13.8. The second-order valence-corrected chi connectivity index (χ2v) is 7.57. The van der Waals surface area contributed by atoms with Gasteiger partial charge in [-0.3, -0.25) is 14.9 Å². The Bertz CT molecular complexity index is 712. The summed E-state index contributed by atoms with van der Waals surface area (Å²) in [6.45, 7) is 3.25. The summed E-state index contributed by atoms with van der Waals surface area (Å²) in [6.07, 6.45) is 0. The van der Waals surface area contributed by atoms with Crippen LogP contribution in [0.2, 0.25) is 0 Å². The molecule has 2 rings (SSSR count). The van der Waals surface area contributed by atoms with Gasteiger partial charge >= 0.3 is 5.97 Å². The van der Waals surface area contributed by atoms with Gasteiger partial charge in [0.1, 0.15) is 0 Å². The van der Waals surface area contributed by atoms with Crippen molar-refractivity contribution in [2.24, 2.45) is 0 Å². The zero-order chi connectivity index (χ0) is 18.4. The van der Waals surface area contributed by atoms with Crippen molar-refractivity contribution in [2.75, 3.05) is 18.1 Å².